The zero-order valence-electron chi connectivity index (χ0n) is 16.2. The maximum absolute atomic E-state index is 10.4. The standard InChI is InChI=1S/C22H28N2O4/c1-19(21-11-4-2-5-12-21)24-28-18-20(10-7-9-17-25)14-16-23-15-8-3-6-13-22(26)27/h2,4-5,7,9-12,14-16,25H,3,6,8,13,17-18H2,1H3,(H,26,27)/b9-7+,16-14+,20-10+,23-15?,24-19+. The van der Waals surface area contributed by atoms with Gasteiger partial charge in [-0.05, 0) is 43.4 Å². The van der Waals surface area contributed by atoms with Crippen LogP contribution >= 0.6 is 0 Å². The highest BCUT2D eigenvalue weighted by Gasteiger charge is 1.97. The van der Waals surface area contributed by atoms with Crippen LogP contribution in [0.2, 0.25) is 0 Å². The molecule has 0 unspecified atom stereocenters. The lowest BCUT2D eigenvalue weighted by atomic mass is 10.1. The molecule has 0 amide bonds. The number of oxime groups is 1. The van der Waals surface area contributed by atoms with E-state index in [4.69, 9.17) is 15.1 Å². The van der Waals surface area contributed by atoms with E-state index in [0.29, 0.717) is 6.42 Å². The van der Waals surface area contributed by atoms with Crippen molar-refractivity contribution in [3.05, 3.63) is 72.0 Å². The molecule has 0 saturated heterocycles. The maximum Gasteiger partial charge on any atom is 0.303 e. The molecule has 0 fully saturated rings. The second kappa shape index (κ2) is 15.1. The molecular formula is C22H28N2O4. The number of carbonyl (C=O) groups is 1. The Morgan fingerprint density at radius 1 is 1.21 bits per heavy atom. The van der Waals surface area contributed by atoms with E-state index in [1.807, 2.05) is 49.4 Å². The Morgan fingerprint density at radius 3 is 2.71 bits per heavy atom. The van der Waals surface area contributed by atoms with Crippen molar-refractivity contribution in [1.29, 1.82) is 0 Å². The molecule has 0 aliphatic rings. The predicted octanol–water partition coefficient (Wildman–Crippen LogP) is 4.13. The van der Waals surface area contributed by atoms with Crippen LogP contribution in [0, 0.1) is 0 Å². The summed E-state index contributed by atoms with van der Waals surface area (Å²) in [5.41, 5.74) is 2.63. The minimum Gasteiger partial charge on any atom is -0.481 e. The lowest BCUT2D eigenvalue weighted by Crippen LogP contribution is -1.98. The van der Waals surface area contributed by atoms with Crippen molar-refractivity contribution in [1.82, 2.24) is 0 Å². The second-order valence-corrected chi connectivity index (χ2v) is 5.96. The molecule has 0 radical (unpaired) electrons. The summed E-state index contributed by atoms with van der Waals surface area (Å²) in [4.78, 5) is 20.1. The minimum atomic E-state index is -0.771. The van der Waals surface area contributed by atoms with Crippen LogP contribution in [0.25, 0.3) is 0 Å². The van der Waals surface area contributed by atoms with Gasteiger partial charge in [-0.1, -0.05) is 53.7 Å². The van der Waals surface area contributed by atoms with Gasteiger partial charge in [0, 0.05) is 18.8 Å². The highest BCUT2D eigenvalue weighted by atomic mass is 16.6. The number of hydrogen-bond donors (Lipinski definition) is 2. The second-order valence-electron chi connectivity index (χ2n) is 5.96. The average Bonchev–Trinajstić information content (AvgIpc) is 2.70. The number of unbranched alkanes of at least 4 members (excludes halogenated alkanes) is 2. The van der Waals surface area contributed by atoms with Gasteiger partial charge in [0.1, 0.15) is 6.61 Å². The van der Waals surface area contributed by atoms with Crippen molar-refractivity contribution in [2.45, 2.75) is 32.6 Å². The number of benzene rings is 1. The van der Waals surface area contributed by atoms with E-state index in [-0.39, 0.29) is 19.6 Å². The van der Waals surface area contributed by atoms with Crippen molar-refractivity contribution < 1.29 is 19.8 Å². The Hall–Kier alpha value is -2.99. The molecule has 0 aliphatic heterocycles. The van der Waals surface area contributed by atoms with Crippen LogP contribution in [-0.2, 0) is 9.63 Å². The molecule has 6 nitrogen and oxygen atoms in total. The van der Waals surface area contributed by atoms with Crippen LogP contribution in [0.3, 0.4) is 0 Å². The summed E-state index contributed by atoms with van der Waals surface area (Å²) in [5, 5.41) is 21.6. The molecule has 0 heterocycles. The SMILES string of the molecule is C/C(=N\OCC(/C=C/N=CCCCCC(=O)O)=C/C=C/CO)c1ccccc1. The van der Waals surface area contributed by atoms with Gasteiger partial charge >= 0.3 is 5.97 Å². The van der Waals surface area contributed by atoms with E-state index >= 15 is 0 Å². The third kappa shape index (κ3) is 11.6. The number of rotatable bonds is 13. The zero-order chi connectivity index (χ0) is 20.5. The molecule has 2 N–H and O–H groups in total. The van der Waals surface area contributed by atoms with E-state index in [1.54, 1.807) is 24.6 Å². The van der Waals surface area contributed by atoms with Gasteiger partial charge < -0.3 is 15.1 Å². The van der Waals surface area contributed by atoms with Crippen molar-refractivity contribution in [2.24, 2.45) is 10.1 Å². The van der Waals surface area contributed by atoms with E-state index in [0.717, 1.165) is 29.7 Å². The quantitative estimate of drug-likeness (QED) is 0.231. The molecule has 0 spiro atoms. The van der Waals surface area contributed by atoms with Crippen LogP contribution in [0.4, 0.5) is 0 Å². The molecule has 0 bridgehead atoms. The average molecular weight is 384 g/mol. The van der Waals surface area contributed by atoms with Crippen molar-refractivity contribution in [2.75, 3.05) is 13.2 Å². The summed E-state index contributed by atoms with van der Waals surface area (Å²) >= 11 is 0. The fourth-order valence-electron chi connectivity index (χ4n) is 2.13. The summed E-state index contributed by atoms with van der Waals surface area (Å²) in [6.07, 6.45) is 12.8. The number of carboxylic acid groups (broad SMARTS) is 1. The van der Waals surface area contributed by atoms with Crippen LogP contribution in [0.1, 0.15) is 38.2 Å². The monoisotopic (exact) mass is 384 g/mol. The molecule has 0 atom stereocenters. The summed E-state index contributed by atoms with van der Waals surface area (Å²) in [6, 6.07) is 9.77. The van der Waals surface area contributed by atoms with Gasteiger partial charge in [-0.25, -0.2) is 0 Å². The smallest absolute Gasteiger partial charge is 0.303 e. The van der Waals surface area contributed by atoms with Crippen LogP contribution in [0.5, 0.6) is 0 Å². The molecule has 6 heteroatoms. The van der Waals surface area contributed by atoms with E-state index in [2.05, 4.69) is 10.1 Å². The predicted molar refractivity (Wildman–Crippen MR) is 113 cm³/mol. The lowest BCUT2D eigenvalue weighted by Gasteiger charge is -2.03. The molecule has 1 rings (SSSR count). The Kier molecular flexibility index (Phi) is 12.4. The summed E-state index contributed by atoms with van der Waals surface area (Å²) in [6.45, 7) is 2.12. The van der Waals surface area contributed by atoms with E-state index in [1.165, 1.54) is 0 Å². The first kappa shape index (κ1) is 23.0. The number of aliphatic hydroxyl groups is 1. The van der Waals surface area contributed by atoms with E-state index in [9.17, 15) is 4.79 Å². The number of aliphatic imine (C=N–C) groups is 1. The van der Waals surface area contributed by atoms with Crippen LogP contribution in [-0.4, -0.2) is 41.3 Å². The zero-order valence-corrected chi connectivity index (χ0v) is 16.2. The third-order valence-electron chi connectivity index (χ3n) is 3.63. The first-order valence-corrected chi connectivity index (χ1v) is 9.22. The van der Waals surface area contributed by atoms with Gasteiger partial charge in [-0.2, -0.15) is 0 Å². The molecule has 1 aromatic rings. The largest absolute Gasteiger partial charge is 0.481 e. The summed E-state index contributed by atoms with van der Waals surface area (Å²) in [7, 11) is 0. The highest BCUT2D eigenvalue weighted by Crippen LogP contribution is 2.04. The summed E-state index contributed by atoms with van der Waals surface area (Å²) < 4.78 is 0. The first-order chi connectivity index (χ1) is 13.6. The van der Waals surface area contributed by atoms with Crippen molar-refractivity contribution in [3.63, 3.8) is 0 Å². The third-order valence-corrected chi connectivity index (χ3v) is 3.63. The Balaban J connectivity index is 2.52. The van der Waals surface area contributed by atoms with Gasteiger partial charge in [-0.15, -0.1) is 0 Å². The van der Waals surface area contributed by atoms with Gasteiger partial charge in [0.25, 0.3) is 0 Å². The van der Waals surface area contributed by atoms with Crippen LogP contribution < -0.4 is 0 Å². The van der Waals surface area contributed by atoms with Crippen LogP contribution in [0.15, 0.2) is 76.6 Å². The summed E-state index contributed by atoms with van der Waals surface area (Å²) in [5.74, 6) is -0.771. The van der Waals surface area contributed by atoms with Crippen molar-refractivity contribution in [3.8, 4) is 0 Å². The molecule has 0 saturated carbocycles. The Bertz CT molecular complexity index is 719. The number of carboxylic acids is 1. The fraction of sp³-hybridized carbons (Fsp3) is 0.318. The topological polar surface area (TPSA) is 91.5 Å². The first-order valence-electron chi connectivity index (χ1n) is 9.22. The van der Waals surface area contributed by atoms with Gasteiger partial charge in [-0.3, -0.25) is 9.79 Å². The Morgan fingerprint density at radius 2 is 2.00 bits per heavy atom. The molecule has 0 aliphatic carbocycles. The molecule has 0 aromatic heterocycles. The van der Waals surface area contributed by atoms with Gasteiger partial charge in [0.15, 0.2) is 0 Å². The fourth-order valence-corrected chi connectivity index (χ4v) is 2.13. The van der Waals surface area contributed by atoms with Gasteiger partial charge in [0.05, 0.1) is 12.3 Å². The molecule has 1 aromatic carbocycles. The number of hydrogen-bond acceptors (Lipinski definition) is 5. The van der Waals surface area contributed by atoms with Gasteiger partial charge in [0.2, 0.25) is 0 Å². The highest BCUT2D eigenvalue weighted by molar-refractivity contribution is 5.98. The minimum absolute atomic E-state index is 0.0336. The number of aliphatic carboxylic acids is 1. The van der Waals surface area contributed by atoms with E-state index < -0.39 is 5.97 Å². The number of nitrogens with zero attached hydrogens (tertiary/aromatic N) is 2. The Labute approximate surface area is 166 Å². The number of aliphatic hydroxyl groups excluding tert-OH is 1. The molecule has 28 heavy (non-hydrogen) atoms. The molecular weight excluding hydrogens is 356 g/mol. The maximum atomic E-state index is 10.4. The number of allylic oxidation sites excluding steroid dienone is 2. The van der Waals surface area contributed by atoms with Crippen molar-refractivity contribution >= 4 is 17.9 Å². The normalized spacial score (nSPS) is 13.1. The molecule has 150 valence electrons. The lowest BCUT2D eigenvalue weighted by molar-refractivity contribution is -0.137.